The summed E-state index contributed by atoms with van der Waals surface area (Å²) in [5.74, 6) is 0.0444. The number of nitrogens with zero attached hydrogens (tertiary/aromatic N) is 4. The molecule has 1 aromatic carbocycles. The predicted octanol–water partition coefficient (Wildman–Crippen LogP) is 2.75. The first-order valence-electron chi connectivity index (χ1n) is 10.3. The van der Waals surface area contributed by atoms with Gasteiger partial charge in [0, 0.05) is 37.3 Å². The Hall–Kier alpha value is -3.95. The number of carbonyl (C=O) groups is 3. The van der Waals surface area contributed by atoms with E-state index in [1.165, 1.54) is 10.8 Å². The van der Waals surface area contributed by atoms with E-state index in [0.717, 1.165) is 11.1 Å². The first-order valence-corrected chi connectivity index (χ1v) is 10.3. The topological polar surface area (TPSA) is 120 Å². The summed E-state index contributed by atoms with van der Waals surface area (Å²) < 4.78 is 8.00. The van der Waals surface area contributed by atoms with Gasteiger partial charge in [-0.05, 0) is 31.0 Å². The Labute approximate surface area is 185 Å². The van der Waals surface area contributed by atoms with E-state index in [9.17, 15) is 14.4 Å². The lowest BCUT2D eigenvalue weighted by atomic mass is 10.1. The smallest absolute Gasteiger partial charge is 0.419 e. The molecule has 0 bridgehead atoms. The van der Waals surface area contributed by atoms with Gasteiger partial charge in [-0.3, -0.25) is 14.3 Å². The molecule has 3 aromatic rings. The Bertz CT molecular complexity index is 1120. The molecule has 0 saturated heterocycles. The summed E-state index contributed by atoms with van der Waals surface area (Å²) in [4.78, 5) is 40.8. The van der Waals surface area contributed by atoms with Crippen LogP contribution in [-0.4, -0.2) is 50.4 Å². The van der Waals surface area contributed by atoms with Crippen LogP contribution in [0, 0.1) is 6.92 Å². The third-order valence-corrected chi connectivity index (χ3v) is 4.58. The number of hydrogen-bond acceptors (Lipinski definition) is 6. The van der Waals surface area contributed by atoms with Gasteiger partial charge in [0.1, 0.15) is 5.82 Å². The first kappa shape index (κ1) is 22.7. The fraction of sp³-hybridized carbons (Fsp3) is 0.318. The van der Waals surface area contributed by atoms with Crippen molar-refractivity contribution in [3.05, 3.63) is 54.2 Å². The molecule has 168 valence electrons. The molecule has 0 aliphatic rings. The van der Waals surface area contributed by atoms with E-state index in [1.807, 2.05) is 26.2 Å². The molecular formula is C22H26N6O4. The van der Waals surface area contributed by atoms with E-state index in [0.29, 0.717) is 24.4 Å². The molecular weight excluding hydrogens is 412 g/mol. The number of benzene rings is 1. The Morgan fingerprint density at radius 1 is 1.16 bits per heavy atom. The summed E-state index contributed by atoms with van der Waals surface area (Å²) in [6.07, 6.45) is 5.23. The van der Waals surface area contributed by atoms with E-state index in [1.54, 1.807) is 36.0 Å². The molecule has 2 N–H and O–H groups in total. The minimum Gasteiger partial charge on any atom is -0.449 e. The van der Waals surface area contributed by atoms with Crippen LogP contribution >= 0.6 is 0 Å². The molecule has 2 amide bonds. The number of aryl methyl sites for hydroxylation is 2. The maximum Gasteiger partial charge on any atom is 0.419 e. The van der Waals surface area contributed by atoms with Crippen LogP contribution in [0.2, 0.25) is 0 Å². The van der Waals surface area contributed by atoms with E-state index >= 15 is 0 Å². The summed E-state index contributed by atoms with van der Waals surface area (Å²) in [7, 11) is 1.83. The van der Waals surface area contributed by atoms with Crippen molar-refractivity contribution >= 4 is 23.7 Å². The molecule has 0 aliphatic carbocycles. The maximum atomic E-state index is 12.5. The van der Waals surface area contributed by atoms with Gasteiger partial charge in [0.25, 0.3) is 5.91 Å². The van der Waals surface area contributed by atoms with Crippen LogP contribution in [0.5, 0.6) is 0 Å². The van der Waals surface area contributed by atoms with Gasteiger partial charge in [-0.1, -0.05) is 19.1 Å². The number of imidazole rings is 1. The summed E-state index contributed by atoms with van der Waals surface area (Å²) in [5, 5.41) is 9.50. The molecule has 2 aromatic heterocycles. The SMILES string of the molecule is CCCOC(=O)n1cc(NC(=O)CCNC(=O)c2cccc(-c3cnn(C)c3)c2)nc1C. The lowest BCUT2D eigenvalue weighted by molar-refractivity contribution is -0.116. The average Bonchev–Trinajstić information content (AvgIpc) is 3.37. The second-order valence-electron chi connectivity index (χ2n) is 7.20. The molecule has 0 radical (unpaired) electrons. The lowest BCUT2D eigenvalue weighted by Crippen LogP contribution is -2.27. The molecule has 0 unspecified atom stereocenters. The molecule has 0 aliphatic heterocycles. The minimum atomic E-state index is -0.543. The largest absolute Gasteiger partial charge is 0.449 e. The number of anilines is 1. The second kappa shape index (κ2) is 10.4. The van der Waals surface area contributed by atoms with Crippen molar-refractivity contribution in [3.8, 4) is 11.1 Å². The van der Waals surface area contributed by atoms with Gasteiger partial charge in [-0.2, -0.15) is 5.10 Å². The van der Waals surface area contributed by atoms with Gasteiger partial charge in [0.05, 0.1) is 19.0 Å². The number of aromatic nitrogens is 4. The normalized spacial score (nSPS) is 10.6. The van der Waals surface area contributed by atoms with Crippen LogP contribution in [0.15, 0.2) is 42.9 Å². The van der Waals surface area contributed by atoms with Crippen molar-refractivity contribution in [1.29, 1.82) is 0 Å². The van der Waals surface area contributed by atoms with Crippen molar-refractivity contribution < 1.29 is 19.1 Å². The summed E-state index contributed by atoms with van der Waals surface area (Å²) in [6.45, 7) is 4.00. The highest BCUT2D eigenvalue weighted by molar-refractivity contribution is 5.96. The highest BCUT2D eigenvalue weighted by atomic mass is 16.5. The quantitative estimate of drug-likeness (QED) is 0.558. The van der Waals surface area contributed by atoms with Crippen LogP contribution in [0.4, 0.5) is 10.6 Å². The van der Waals surface area contributed by atoms with Gasteiger partial charge >= 0.3 is 6.09 Å². The van der Waals surface area contributed by atoms with E-state index in [-0.39, 0.29) is 30.6 Å². The van der Waals surface area contributed by atoms with Crippen LogP contribution in [-0.2, 0) is 16.6 Å². The first-order chi connectivity index (χ1) is 15.4. The minimum absolute atomic E-state index is 0.0558. The summed E-state index contributed by atoms with van der Waals surface area (Å²) in [5.41, 5.74) is 2.29. The Balaban J connectivity index is 1.50. The van der Waals surface area contributed by atoms with Gasteiger partial charge in [-0.15, -0.1) is 0 Å². The monoisotopic (exact) mass is 438 g/mol. The van der Waals surface area contributed by atoms with Crippen molar-refractivity contribution in [2.75, 3.05) is 18.5 Å². The molecule has 10 heteroatoms. The highest BCUT2D eigenvalue weighted by Gasteiger charge is 2.14. The Morgan fingerprint density at radius 3 is 2.69 bits per heavy atom. The Morgan fingerprint density at radius 2 is 1.97 bits per heavy atom. The summed E-state index contributed by atoms with van der Waals surface area (Å²) >= 11 is 0. The highest BCUT2D eigenvalue weighted by Crippen LogP contribution is 2.19. The Kier molecular flexibility index (Phi) is 7.37. The molecule has 0 spiro atoms. The van der Waals surface area contributed by atoms with Crippen molar-refractivity contribution in [3.63, 3.8) is 0 Å². The number of hydrogen-bond donors (Lipinski definition) is 2. The zero-order chi connectivity index (χ0) is 23.1. The van der Waals surface area contributed by atoms with Crippen molar-refractivity contribution in [2.45, 2.75) is 26.7 Å². The number of carbonyl (C=O) groups excluding carboxylic acids is 3. The van der Waals surface area contributed by atoms with E-state index < -0.39 is 6.09 Å². The third-order valence-electron chi connectivity index (χ3n) is 4.58. The van der Waals surface area contributed by atoms with Crippen LogP contribution in [0.3, 0.4) is 0 Å². The predicted molar refractivity (Wildman–Crippen MR) is 118 cm³/mol. The van der Waals surface area contributed by atoms with Crippen molar-refractivity contribution in [1.82, 2.24) is 24.6 Å². The van der Waals surface area contributed by atoms with Crippen molar-refractivity contribution in [2.24, 2.45) is 7.05 Å². The van der Waals surface area contributed by atoms with Crippen LogP contribution in [0.25, 0.3) is 11.1 Å². The van der Waals surface area contributed by atoms with Crippen LogP contribution < -0.4 is 10.6 Å². The number of ether oxygens (including phenoxy) is 1. The number of amides is 2. The second-order valence-corrected chi connectivity index (χ2v) is 7.20. The molecule has 0 fully saturated rings. The fourth-order valence-corrected chi connectivity index (χ4v) is 2.98. The molecule has 10 nitrogen and oxygen atoms in total. The zero-order valence-corrected chi connectivity index (χ0v) is 18.3. The summed E-state index contributed by atoms with van der Waals surface area (Å²) in [6, 6.07) is 7.19. The molecule has 0 atom stereocenters. The van der Waals surface area contributed by atoms with Crippen LogP contribution in [0.1, 0.15) is 35.9 Å². The standard InChI is InChI=1S/C22H26N6O4/c1-4-10-32-22(31)28-14-19(25-15(28)2)26-20(29)8-9-23-21(30)17-7-5-6-16(11-17)18-12-24-27(3)13-18/h5-7,11-14H,4,8-10H2,1-3H3,(H,23,30)(H,26,29). The average molecular weight is 438 g/mol. The van der Waals surface area contributed by atoms with Gasteiger partial charge in [0.2, 0.25) is 5.91 Å². The molecule has 32 heavy (non-hydrogen) atoms. The molecule has 2 heterocycles. The number of nitrogens with one attached hydrogen (secondary N) is 2. The van der Waals surface area contributed by atoms with Gasteiger partial charge < -0.3 is 15.4 Å². The van der Waals surface area contributed by atoms with Gasteiger partial charge in [-0.25, -0.2) is 14.3 Å². The third kappa shape index (κ3) is 5.81. The number of rotatable bonds is 8. The molecule has 3 rings (SSSR count). The van der Waals surface area contributed by atoms with E-state index in [4.69, 9.17) is 4.74 Å². The zero-order valence-electron chi connectivity index (χ0n) is 18.3. The van der Waals surface area contributed by atoms with E-state index in [2.05, 4.69) is 20.7 Å². The molecule has 0 saturated carbocycles. The maximum absolute atomic E-state index is 12.5. The lowest BCUT2D eigenvalue weighted by Gasteiger charge is -2.07. The fourth-order valence-electron chi connectivity index (χ4n) is 2.98. The van der Waals surface area contributed by atoms with Gasteiger partial charge in [0.15, 0.2) is 5.82 Å².